The Morgan fingerprint density at radius 1 is 1.54 bits per heavy atom. The summed E-state index contributed by atoms with van der Waals surface area (Å²) in [6.07, 6.45) is 8.36. The second-order valence-electron chi connectivity index (χ2n) is 3.48. The van der Waals surface area contributed by atoms with Gasteiger partial charge in [-0.15, -0.1) is 0 Å². The van der Waals surface area contributed by atoms with E-state index in [1.165, 1.54) is 18.4 Å². The molecule has 1 heterocycles. The molecule has 1 aromatic heterocycles. The van der Waals surface area contributed by atoms with Gasteiger partial charge < -0.3 is 5.32 Å². The lowest BCUT2D eigenvalue weighted by atomic mass is 10.3. The summed E-state index contributed by atoms with van der Waals surface area (Å²) >= 11 is 1.75. The third-order valence-corrected chi connectivity index (χ3v) is 2.88. The van der Waals surface area contributed by atoms with Crippen molar-refractivity contribution in [3.05, 3.63) is 28.5 Å². The van der Waals surface area contributed by atoms with E-state index in [-0.39, 0.29) is 0 Å². The van der Waals surface area contributed by atoms with Gasteiger partial charge in [-0.3, -0.25) is 0 Å². The second kappa shape index (κ2) is 4.58. The maximum atomic E-state index is 3.49. The van der Waals surface area contributed by atoms with Crippen LogP contribution in [0.5, 0.6) is 0 Å². The Kier molecular flexibility index (Phi) is 3.16. The highest BCUT2D eigenvalue weighted by Gasteiger charge is 2.19. The van der Waals surface area contributed by atoms with Gasteiger partial charge in [0.25, 0.3) is 0 Å². The molecule has 70 valence electrons. The third kappa shape index (κ3) is 3.33. The SMILES string of the molecule is C(=Cc1ccsc1)CCNC1CC1. The van der Waals surface area contributed by atoms with Gasteiger partial charge in [0.15, 0.2) is 0 Å². The summed E-state index contributed by atoms with van der Waals surface area (Å²) in [5.74, 6) is 0. The number of hydrogen-bond acceptors (Lipinski definition) is 2. The van der Waals surface area contributed by atoms with Crippen LogP contribution in [0, 0.1) is 0 Å². The first-order chi connectivity index (χ1) is 6.45. The molecular weight excluding hydrogens is 178 g/mol. The van der Waals surface area contributed by atoms with Gasteiger partial charge in [-0.2, -0.15) is 11.3 Å². The summed E-state index contributed by atoms with van der Waals surface area (Å²) in [4.78, 5) is 0. The molecule has 0 amide bonds. The third-order valence-electron chi connectivity index (χ3n) is 2.17. The molecule has 1 aliphatic carbocycles. The normalized spacial score (nSPS) is 16.9. The van der Waals surface area contributed by atoms with Crippen molar-refractivity contribution in [1.82, 2.24) is 5.32 Å². The maximum absolute atomic E-state index is 3.49. The van der Waals surface area contributed by atoms with Gasteiger partial charge in [0.05, 0.1) is 0 Å². The largest absolute Gasteiger partial charge is 0.314 e. The Morgan fingerprint density at radius 2 is 2.46 bits per heavy atom. The van der Waals surface area contributed by atoms with Crippen molar-refractivity contribution in [2.45, 2.75) is 25.3 Å². The lowest BCUT2D eigenvalue weighted by Crippen LogP contribution is -2.16. The molecule has 0 bridgehead atoms. The molecule has 1 N–H and O–H groups in total. The molecule has 0 aliphatic heterocycles. The van der Waals surface area contributed by atoms with Crippen LogP contribution in [0.1, 0.15) is 24.8 Å². The van der Waals surface area contributed by atoms with E-state index in [9.17, 15) is 0 Å². The molecule has 2 heteroatoms. The number of rotatable bonds is 5. The fourth-order valence-electron chi connectivity index (χ4n) is 1.25. The minimum atomic E-state index is 0.842. The van der Waals surface area contributed by atoms with E-state index in [0.29, 0.717) is 0 Å². The van der Waals surface area contributed by atoms with Crippen molar-refractivity contribution in [1.29, 1.82) is 0 Å². The average Bonchev–Trinajstić information content (AvgIpc) is 2.81. The summed E-state index contributed by atoms with van der Waals surface area (Å²) in [6.45, 7) is 1.13. The highest BCUT2D eigenvalue weighted by atomic mass is 32.1. The molecule has 1 aliphatic rings. The zero-order valence-corrected chi connectivity index (χ0v) is 8.52. The molecule has 1 saturated carbocycles. The predicted octanol–water partition coefficient (Wildman–Crippen LogP) is 2.90. The van der Waals surface area contributed by atoms with Crippen LogP contribution in [0.15, 0.2) is 22.9 Å². The van der Waals surface area contributed by atoms with Crippen LogP contribution in [0.3, 0.4) is 0 Å². The molecule has 1 fully saturated rings. The van der Waals surface area contributed by atoms with Gasteiger partial charge in [-0.05, 0) is 48.2 Å². The molecule has 0 aromatic carbocycles. The van der Waals surface area contributed by atoms with E-state index in [4.69, 9.17) is 0 Å². The first kappa shape index (κ1) is 8.97. The van der Waals surface area contributed by atoms with Gasteiger partial charge in [-0.25, -0.2) is 0 Å². The highest BCUT2D eigenvalue weighted by molar-refractivity contribution is 7.08. The van der Waals surface area contributed by atoms with Crippen molar-refractivity contribution in [2.24, 2.45) is 0 Å². The standard InChI is InChI=1S/C11H15NS/c1(2-7-12-11-4-5-11)3-10-6-8-13-9-10/h1,3,6,8-9,11-12H,2,4-5,7H2. The molecule has 0 radical (unpaired) electrons. The lowest BCUT2D eigenvalue weighted by molar-refractivity contribution is 0.691. The minimum absolute atomic E-state index is 0.842. The second-order valence-corrected chi connectivity index (χ2v) is 4.26. The van der Waals surface area contributed by atoms with Crippen molar-refractivity contribution in [3.8, 4) is 0 Å². The van der Waals surface area contributed by atoms with Crippen LogP contribution in [0.4, 0.5) is 0 Å². The monoisotopic (exact) mass is 193 g/mol. The fraction of sp³-hybridized carbons (Fsp3) is 0.455. The van der Waals surface area contributed by atoms with E-state index in [1.54, 1.807) is 11.3 Å². The first-order valence-electron chi connectivity index (χ1n) is 4.87. The van der Waals surface area contributed by atoms with Gasteiger partial charge >= 0.3 is 0 Å². The zero-order valence-electron chi connectivity index (χ0n) is 7.70. The minimum Gasteiger partial charge on any atom is -0.314 e. The average molecular weight is 193 g/mol. The molecular formula is C11H15NS. The van der Waals surface area contributed by atoms with Crippen LogP contribution in [0.25, 0.3) is 6.08 Å². The van der Waals surface area contributed by atoms with Crippen LogP contribution in [-0.2, 0) is 0 Å². The van der Waals surface area contributed by atoms with E-state index in [2.05, 4.69) is 34.3 Å². The Balaban J connectivity index is 1.61. The molecule has 2 rings (SSSR count). The first-order valence-corrected chi connectivity index (χ1v) is 5.81. The van der Waals surface area contributed by atoms with Crippen LogP contribution in [-0.4, -0.2) is 12.6 Å². The summed E-state index contributed by atoms with van der Waals surface area (Å²) in [7, 11) is 0. The summed E-state index contributed by atoms with van der Waals surface area (Å²) in [6, 6.07) is 2.99. The van der Waals surface area contributed by atoms with Crippen molar-refractivity contribution in [3.63, 3.8) is 0 Å². The zero-order chi connectivity index (χ0) is 8.93. The Hall–Kier alpha value is -0.600. The van der Waals surface area contributed by atoms with Crippen molar-refractivity contribution < 1.29 is 0 Å². The van der Waals surface area contributed by atoms with Crippen molar-refractivity contribution >= 4 is 17.4 Å². The predicted molar refractivity (Wildman–Crippen MR) is 59.0 cm³/mol. The fourth-order valence-corrected chi connectivity index (χ4v) is 1.88. The van der Waals surface area contributed by atoms with E-state index in [1.807, 2.05) is 0 Å². The van der Waals surface area contributed by atoms with E-state index < -0.39 is 0 Å². The lowest BCUT2D eigenvalue weighted by Gasteiger charge is -1.96. The van der Waals surface area contributed by atoms with Crippen LogP contribution >= 0.6 is 11.3 Å². The molecule has 1 aromatic rings. The number of thiophene rings is 1. The topological polar surface area (TPSA) is 12.0 Å². The van der Waals surface area contributed by atoms with Crippen LogP contribution in [0.2, 0.25) is 0 Å². The number of hydrogen-bond donors (Lipinski definition) is 1. The molecule has 1 nitrogen and oxygen atoms in total. The molecule has 0 saturated heterocycles. The number of nitrogens with one attached hydrogen (secondary N) is 1. The summed E-state index contributed by atoms with van der Waals surface area (Å²) < 4.78 is 0. The maximum Gasteiger partial charge on any atom is 0.00683 e. The molecule has 0 atom stereocenters. The van der Waals surface area contributed by atoms with Crippen LogP contribution < -0.4 is 5.32 Å². The van der Waals surface area contributed by atoms with E-state index >= 15 is 0 Å². The Labute approximate surface area is 83.5 Å². The molecule has 0 unspecified atom stereocenters. The van der Waals surface area contributed by atoms with Gasteiger partial charge in [0, 0.05) is 6.04 Å². The van der Waals surface area contributed by atoms with Gasteiger partial charge in [0.2, 0.25) is 0 Å². The Bertz CT molecular complexity index is 260. The highest BCUT2D eigenvalue weighted by Crippen LogP contribution is 2.18. The van der Waals surface area contributed by atoms with Gasteiger partial charge in [-0.1, -0.05) is 12.2 Å². The Morgan fingerprint density at radius 3 is 3.15 bits per heavy atom. The van der Waals surface area contributed by atoms with Gasteiger partial charge in [0.1, 0.15) is 0 Å². The molecule has 13 heavy (non-hydrogen) atoms. The van der Waals surface area contributed by atoms with E-state index in [0.717, 1.165) is 19.0 Å². The summed E-state index contributed by atoms with van der Waals surface area (Å²) in [5, 5.41) is 7.77. The van der Waals surface area contributed by atoms with Crippen molar-refractivity contribution in [2.75, 3.05) is 6.54 Å². The smallest absolute Gasteiger partial charge is 0.00683 e. The summed E-state index contributed by atoms with van der Waals surface area (Å²) in [5.41, 5.74) is 1.33. The molecule has 0 spiro atoms. The quantitative estimate of drug-likeness (QED) is 0.709.